The van der Waals surface area contributed by atoms with Crippen LogP contribution in [0.4, 0.5) is 5.82 Å². The van der Waals surface area contributed by atoms with E-state index in [1.165, 1.54) is 18.7 Å². The molecular weight excluding hydrogens is 248 g/mol. The van der Waals surface area contributed by atoms with E-state index in [1.807, 2.05) is 6.20 Å². The molecule has 1 aromatic rings. The van der Waals surface area contributed by atoms with Gasteiger partial charge in [-0.3, -0.25) is 4.90 Å². The summed E-state index contributed by atoms with van der Waals surface area (Å²) in [5, 5.41) is 3.35. The molecule has 0 bridgehead atoms. The van der Waals surface area contributed by atoms with E-state index in [9.17, 15) is 0 Å². The molecule has 0 saturated carbocycles. The Labute approximate surface area is 122 Å². The lowest BCUT2D eigenvalue weighted by Crippen LogP contribution is -2.61. The Morgan fingerprint density at radius 1 is 1.10 bits per heavy atom. The lowest BCUT2D eigenvalue weighted by atomic mass is 9.88. The Kier molecular flexibility index (Phi) is 3.69. The zero-order chi connectivity index (χ0) is 14.2. The van der Waals surface area contributed by atoms with Crippen LogP contribution in [0.5, 0.6) is 0 Å². The summed E-state index contributed by atoms with van der Waals surface area (Å²) in [7, 11) is 0. The molecule has 2 fully saturated rings. The highest BCUT2D eigenvalue weighted by Gasteiger charge is 2.28. The van der Waals surface area contributed by atoms with Gasteiger partial charge >= 0.3 is 0 Å². The quantitative estimate of drug-likeness (QED) is 0.885. The van der Waals surface area contributed by atoms with Crippen molar-refractivity contribution >= 4 is 5.82 Å². The third-order valence-electron chi connectivity index (χ3n) is 4.53. The van der Waals surface area contributed by atoms with Gasteiger partial charge < -0.3 is 10.2 Å². The van der Waals surface area contributed by atoms with Crippen LogP contribution < -0.4 is 10.2 Å². The maximum absolute atomic E-state index is 4.67. The Hall–Kier alpha value is -1.13. The van der Waals surface area contributed by atoms with Gasteiger partial charge in [-0.15, -0.1) is 0 Å². The van der Waals surface area contributed by atoms with Crippen molar-refractivity contribution in [2.45, 2.75) is 32.2 Å². The second-order valence-corrected chi connectivity index (χ2v) is 6.99. The molecule has 0 unspecified atom stereocenters. The molecule has 0 aliphatic carbocycles. The van der Waals surface area contributed by atoms with E-state index < -0.39 is 0 Å². The summed E-state index contributed by atoms with van der Waals surface area (Å²) in [4.78, 5) is 9.69. The van der Waals surface area contributed by atoms with Crippen LogP contribution in [0.15, 0.2) is 18.3 Å². The summed E-state index contributed by atoms with van der Waals surface area (Å²) < 4.78 is 0. The molecule has 110 valence electrons. The standard InChI is InChI=1S/C16H26N4/c1-16(2,3)13-4-5-15(18-10-13)20-8-6-19(7-9-20)14-11-17-12-14/h4-5,10,14,17H,6-9,11-12H2,1-3H3. The van der Waals surface area contributed by atoms with Crippen molar-refractivity contribution in [3.63, 3.8) is 0 Å². The van der Waals surface area contributed by atoms with E-state index in [0.717, 1.165) is 38.0 Å². The largest absolute Gasteiger partial charge is 0.354 e. The summed E-state index contributed by atoms with van der Waals surface area (Å²) in [6.07, 6.45) is 2.04. The number of nitrogens with zero attached hydrogens (tertiary/aromatic N) is 3. The van der Waals surface area contributed by atoms with Crippen molar-refractivity contribution in [2.75, 3.05) is 44.2 Å². The molecule has 4 heteroatoms. The fourth-order valence-corrected chi connectivity index (χ4v) is 2.86. The molecule has 0 aromatic carbocycles. The van der Waals surface area contributed by atoms with Crippen LogP contribution in [0.25, 0.3) is 0 Å². The fourth-order valence-electron chi connectivity index (χ4n) is 2.86. The van der Waals surface area contributed by atoms with Crippen molar-refractivity contribution in [2.24, 2.45) is 0 Å². The van der Waals surface area contributed by atoms with Gasteiger partial charge in [0.25, 0.3) is 0 Å². The van der Waals surface area contributed by atoms with Crippen molar-refractivity contribution in [1.82, 2.24) is 15.2 Å². The van der Waals surface area contributed by atoms with Crippen LogP contribution in [-0.4, -0.2) is 55.2 Å². The summed E-state index contributed by atoms with van der Waals surface area (Å²) >= 11 is 0. The summed E-state index contributed by atoms with van der Waals surface area (Å²) in [6, 6.07) is 5.18. The van der Waals surface area contributed by atoms with Crippen LogP contribution in [0, 0.1) is 0 Å². The minimum atomic E-state index is 0.182. The highest BCUT2D eigenvalue weighted by atomic mass is 15.3. The number of hydrogen-bond acceptors (Lipinski definition) is 4. The molecule has 2 aliphatic heterocycles. The van der Waals surface area contributed by atoms with Crippen molar-refractivity contribution < 1.29 is 0 Å². The Bertz CT molecular complexity index is 437. The van der Waals surface area contributed by atoms with Crippen LogP contribution in [-0.2, 0) is 5.41 Å². The molecule has 0 spiro atoms. The van der Waals surface area contributed by atoms with Gasteiger partial charge in [-0.2, -0.15) is 0 Å². The smallest absolute Gasteiger partial charge is 0.128 e. The molecule has 2 saturated heterocycles. The van der Waals surface area contributed by atoms with Gasteiger partial charge in [0.2, 0.25) is 0 Å². The lowest BCUT2D eigenvalue weighted by molar-refractivity contribution is 0.137. The van der Waals surface area contributed by atoms with Crippen molar-refractivity contribution in [3.8, 4) is 0 Å². The molecule has 20 heavy (non-hydrogen) atoms. The molecule has 1 aromatic heterocycles. The number of nitrogens with one attached hydrogen (secondary N) is 1. The monoisotopic (exact) mass is 274 g/mol. The van der Waals surface area contributed by atoms with E-state index in [0.29, 0.717) is 0 Å². The number of hydrogen-bond donors (Lipinski definition) is 1. The zero-order valence-electron chi connectivity index (χ0n) is 12.9. The number of pyridine rings is 1. The first-order valence-electron chi connectivity index (χ1n) is 7.70. The SMILES string of the molecule is CC(C)(C)c1ccc(N2CCN(C3CNC3)CC2)nc1. The first-order valence-corrected chi connectivity index (χ1v) is 7.70. The second kappa shape index (κ2) is 5.34. The van der Waals surface area contributed by atoms with Gasteiger partial charge in [0.05, 0.1) is 0 Å². The van der Waals surface area contributed by atoms with Crippen LogP contribution in [0.1, 0.15) is 26.3 Å². The van der Waals surface area contributed by atoms with Crippen molar-refractivity contribution in [1.29, 1.82) is 0 Å². The van der Waals surface area contributed by atoms with Gasteiger partial charge in [0.1, 0.15) is 5.82 Å². The zero-order valence-corrected chi connectivity index (χ0v) is 12.9. The number of rotatable bonds is 2. The average Bonchev–Trinajstić information content (AvgIpc) is 2.37. The summed E-state index contributed by atoms with van der Waals surface area (Å²) in [5.74, 6) is 1.13. The maximum atomic E-state index is 4.67. The molecule has 0 radical (unpaired) electrons. The van der Waals surface area contributed by atoms with Crippen LogP contribution in [0.2, 0.25) is 0 Å². The molecule has 3 heterocycles. The maximum Gasteiger partial charge on any atom is 0.128 e. The lowest BCUT2D eigenvalue weighted by Gasteiger charge is -2.43. The normalized spacial score (nSPS) is 21.9. The highest BCUT2D eigenvalue weighted by Crippen LogP contribution is 2.23. The van der Waals surface area contributed by atoms with E-state index in [2.05, 4.69) is 53.0 Å². The highest BCUT2D eigenvalue weighted by molar-refractivity contribution is 5.41. The van der Waals surface area contributed by atoms with Gasteiger partial charge in [-0.25, -0.2) is 4.98 Å². The topological polar surface area (TPSA) is 31.4 Å². The summed E-state index contributed by atoms with van der Waals surface area (Å²) in [6.45, 7) is 13.5. The molecule has 2 aliphatic rings. The van der Waals surface area contributed by atoms with E-state index in [-0.39, 0.29) is 5.41 Å². The number of aromatic nitrogens is 1. The molecule has 1 N–H and O–H groups in total. The van der Waals surface area contributed by atoms with Crippen LogP contribution >= 0.6 is 0 Å². The number of anilines is 1. The first kappa shape index (κ1) is 13.8. The third kappa shape index (κ3) is 2.81. The molecular formula is C16H26N4. The Balaban J connectivity index is 1.60. The average molecular weight is 274 g/mol. The minimum Gasteiger partial charge on any atom is -0.354 e. The van der Waals surface area contributed by atoms with Crippen molar-refractivity contribution in [3.05, 3.63) is 23.9 Å². The fraction of sp³-hybridized carbons (Fsp3) is 0.688. The van der Waals surface area contributed by atoms with Gasteiger partial charge in [0, 0.05) is 51.5 Å². The molecule has 3 rings (SSSR count). The minimum absolute atomic E-state index is 0.182. The molecule has 0 atom stereocenters. The second-order valence-electron chi connectivity index (χ2n) is 6.99. The Morgan fingerprint density at radius 2 is 1.80 bits per heavy atom. The molecule has 0 amide bonds. The van der Waals surface area contributed by atoms with Gasteiger partial charge in [-0.05, 0) is 17.0 Å². The van der Waals surface area contributed by atoms with Gasteiger partial charge in [0.15, 0.2) is 0 Å². The van der Waals surface area contributed by atoms with E-state index >= 15 is 0 Å². The van der Waals surface area contributed by atoms with E-state index in [4.69, 9.17) is 0 Å². The number of piperazine rings is 1. The first-order chi connectivity index (χ1) is 9.54. The predicted octanol–water partition coefficient (Wildman–Crippen LogP) is 1.47. The van der Waals surface area contributed by atoms with Gasteiger partial charge in [-0.1, -0.05) is 26.8 Å². The summed E-state index contributed by atoms with van der Waals surface area (Å²) in [5.41, 5.74) is 1.49. The van der Waals surface area contributed by atoms with Crippen LogP contribution in [0.3, 0.4) is 0 Å². The third-order valence-corrected chi connectivity index (χ3v) is 4.53. The Morgan fingerprint density at radius 3 is 2.25 bits per heavy atom. The van der Waals surface area contributed by atoms with E-state index in [1.54, 1.807) is 0 Å². The molecule has 4 nitrogen and oxygen atoms in total. The predicted molar refractivity (Wildman–Crippen MR) is 83.4 cm³/mol.